The van der Waals surface area contributed by atoms with E-state index in [1.54, 1.807) is 6.08 Å². The second kappa shape index (κ2) is 12.6. The van der Waals surface area contributed by atoms with E-state index in [0.29, 0.717) is 6.61 Å². The maximum Gasteiger partial charge on any atom is 0.341 e. The Morgan fingerprint density at radius 2 is 1.76 bits per heavy atom. The van der Waals surface area contributed by atoms with E-state index in [4.69, 9.17) is 38.0 Å². The monoisotopic (exact) mass is 422 g/mol. The molecule has 0 atom stereocenters. The summed E-state index contributed by atoms with van der Waals surface area (Å²) in [5.74, 6) is 0.433. The van der Waals surface area contributed by atoms with Crippen molar-refractivity contribution in [2.75, 3.05) is 13.7 Å². The third-order valence-electron chi connectivity index (χ3n) is 3.59. The van der Waals surface area contributed by atoms with Crippen molar-refractivity contribution in [1.82, 2.24) is 0 Å². The number of rotatable bonds is 12. The first-order chi connectivity index (χ1) is 11.9. The Balaban J connectivity index is 2.14. The molecule has 3 nitrogen and oxygen atoms in total. The predicted octanol–water partition coefficient (Wildman–Crippen LogP) is 6.25. The fraction of sp³-hybridized carbons (Fsp3) is 0.500. The summed E-state index contributed by atoms with van der Waals surface area (Å²) in [6.07, 6.45) is 9.72. The van der Waals surface area contributed by atoms with Gasteiger partial charge in [-0.1, -0.05) is 44.2 Å². The summed E-state index contributed by atoms with van der Waals surface area (Å²) in [6.45, 7) is 0.686. The molecule has 0 spiro atoms. The van der Waals surface area contributed by atoms with Crippen LogP contribution in [0, 0.1) is 0 Å². The van der Waals surface area contributed by atoms with Gasteiger partial charge in [-0.2, -0.15) is 0 Å². The molecule has 0 radical (unpaired) electrons. The summed E-state index contributed by atoms with van der Waals surface area (Å²) in [4.78, 5) is 11.1. The van der Waals surface area contributed by atoms with E-state index in [1.165, 1.54) is 26.0 Å². The largest absolute Gasteiger partial charge is 0.494 e. The smallest absolute Gasteiger partial charge is 0.341 e. The molecule has 1 aromatic carbocycles. The van der Waals surface area contributed by atoms with Gasteiger partial charge in [-0.05, 0) is 36.2 Å². The molecule has 0 unspecified atom stereocenters. The molecule has 0 aliphatic heterocycles. The van der Waals surface area contributed by atoms with Gasteiger partial charge < -0.3 is 9.47 Å². The molecule has 0 aromatic heterocycles. The van der Waals surface area contributed by atoms with Crippen LogP contribution < -0.4 is 4.74 Å². The van der Waals surface area contributed by atoms with Gasteiger partial charge in [0.05, 0.1) is 13.7 Å². The zero-order valence-corrected chi connectivity index (χ0v) is 17.7. The van der Waals surface area contributed by atoms with Crippen LogP contribution in [0.3, 0.4) is 0 Å². The van der Waals surface area contributed by atoms with Crippen LogP contribution >= 0.6 is 33.2 Å². The third-order valence-corrected chi connectivity index (χ3v) is 6.22. The molecule has 0 aliphatic rings. The normalized spacial score (nSPS) is 11.7. The number of benzene rings is 1. The number of ether oxygens (including phenoxy) is 2. The van der Waals surface area contributed by atoms with E-state index in [2.05, 4.69) is 4.74 Å². The number of unbranched alkanes of at least 4 members (excludes halogenated alkanes) is 5. The zero-order chi connectivity index (χ0) is 18.5. The number of hydrogen-bond donors (Lipinski definition) is 0. The van der Waals surface area contributed by atoms with Crippen molar-refractivity contribution < 1.29 is 14.3 Å². The Bertz CT molecular complexity index is 545. The topological polar surface area (TPSA) is 35.5 Å². The van der Waals surface area contributed by atoms with Gasteiger partial charge >= 0.3 is 12.0 Å². The summed E-state index contributed by atoms with van der Waals surface area (Å²) in [5, 5.41) is 0. The lowest BCUT2D eigenvalue weighted by Crippen LogP contribution is -2.07. The van der Waals surface area contributed by atoms with Gasteiger partial charge in [0.1, 0.15) is 5.75 Å². The average Bonchev–Trinajstić information content (AvgIpc) is 2.57. The van der Waals surface area contributed by atoms with Crippen molar-refractivity contribution in [3.8, 4) is 5.75 Å². The number of carbonyl (C=O) groups is 1. The van der Waals surface area contributed by atoms with Crippen molar-refractivity contribution in [2.45, 2.75) is 44.6 Å². The second-order valence-electron chi connectivity index (χ2n) is 5.76. The number of hydrogen-bond acceptors (Lipinski definition) is 3. The maximum absolute atomic E-state index is 11.1. The van der Waals surface area contributed by atoms with Gasteiger partial charge in [0.25, 0.3) is 0 Å². The van der Waals surface area contributed by atoms with Gasteiger partial charge in [-0.25, -0.2) is 4.79 Å². The predicted molar refractivity (Wildman–Crippen MR) is 109 cm³/mol. The highest BCUT2D eigenvalue weighted by atomic mass is 35.8. The molecule has 0 amide bonds. The van der Waals surface area contributed by atoms with Gasteiger partial charge in [-0.15, -0.1) is 33.2 Å². The molecule has 7 heteroatoms. The summed E-state index contributed by atoms with van der Waals surface area (Å²) < 4.78 is 10.3. The molecular weight excluding hydrogens is 399 g/mol. The Kier molecular flexibility index (Phi) is 11.3. The van der Waals surface area contributed by atoms with Gasteiger partial charge in [-0.3, -0.25) is 0 Å². The SMILES string of the molecule is COC(=O)C=Cc1cccc(OCCCCCCCC[Si](Cl)(Cl)Cl)c1. The Labute approximate surface area is 165 Å². The molecule has 140 valence electrons. The van der Waals surface area contributed by atoms with Crippen molar-refractivity contribution >= 4 is 51.3 Å². The zero-order valence-electron chi connectivity index (χ0n) is 14.5. The van der Waals surface area contributed by atoms with Crippen LogP contribution in [0.15, 0.2) is 30.3 Å². The van der Waals surface area contributed by atoms with Crippen LogP contribution in [0.5, 0.6) is 5.75 Å². The van der Waals surface area contributed by atoms with E-state index in [9.17, 15) is 4.79 Å². The number of esters is 1. The Morgan fingerprint density at radius 1 is 1.08 bits per heavy atom. The summed E-state index contributed by atoms with van der Waals surface area (Å²) in [7, 11) is 1.36. The first kappa shape index (κ1) is 22.4. The minimum atomic E-state index is -2.43. The molecule has 0 aliphatic carbocycles. The molecule has 0 saturated heterocycles. The minimum Gasteiger partial charge on any atom is -0.494 e. The maximum atomic E-state index is 11.1. The van der Waals surface area contributed by atoms with Crippen molar-refractivity contribution in [3.05, 3.63) is 35.9 Å². The van der Waals surface area contributed by atoms with Crippen LogP contribution in [0.2, 0.25) is 6.04 Å². The van der Waals surface area contributed by atoms with Gasteiger partial charge in [0, 0.05) is 6.08 Å². The summed E-state index contributed by atoms with van der Waals surface area (Å²) in [5.41, 5.74) is 0.903. The van der Waals surface area contributed by atoms with Crippen LogP contribution in [0.4, 0.5) is 0 Å². The van der Waals surface area contributed by atoms with Gasteiger partial charge in [0.2, 0.25) is 0 Å². The standard InChI is InChI=1S/C18H25Cl3O3Si/c1-23-18(22)12-11-16-9-8-10-17(15-16)24-13-6-4-2-3-5-7-14-25(19,20)21/h8-12,15H,2-7,13-14H2,1H3. The molecule has 1 rings (SSSR count). The fourth-order valence-electron chi connectivity index (χ4n) is 2.26. The molecule has 0 saturated carbocycles. The van der Waals surface area contributed by atoms with Crippen molar-refractivity contribution in [3.63, 3.8) is 0 Å². The number of carbonyl (C=O) groups excluding carboxylic acids is 1. The molecule has 0 bridgehead atoms. The molecule has 0 fully saturated rings. The molecule has 1 aromatic rings. The lowest BCUT2D eigenvalue weighted by Gasteiger charge is -2.08. The van der Waals surface area contributed by atoms with Crippen LogP contribution in [-0.2, 0) is 9.53 Å². The highest BCUT2D eigenvalue weighted by Crippen LogP contribution is 2.27. The van der Waals surface area contributed by atoms with E-state index in [-0.39, 0.29) is 5.97 Å². The molecule has 0 N–H and O–H groups in total. The van der Waals surface area contributed by atoms with E-state index >= 15 is 0 Å². The Morgan fingerprint density at radius 3 is 2.44 bits per heavy atom. The lowest BCUT2D eigenvalue weighted by molar-refractivity contribution is -0.134. The van der Waals surface area contributed by atoms with E-state index in [0.717, 1.165) is 43.0 Å². The quantitative estimate of drug-likeness (QED) is 0.131. The van der Waals surface area contributed by atoms with Crippen LogP contribution in [0.1, 0.15) is 44.1 Å². The first-order valence-corrected chi connectivity index (χ1v) is 13.7. The average molecular weight is 424 g/mol. The highest BCUT2D eigenvalue weighted by Gasteiger charge is 2.23. The molecular formula is C18H25Cl3O3Si. The molecule has 0 heterocycles. The van der Waals surface area contributed by atoms with Crippen molar-refractivity contribution in [2.24, 2.45) is 0 Å². The van der Waals surface area contributed by atoms with Crippen LogP contribution in [0.25, 0.3) is 6.08 Å². The van der Waals surface area contributed by atoms with Crippen LogP contribution in [-0.4, -0.2) is 25.7 Å². The number of methoxy groups -OCH3 is 1. The molecule has 25 heavy (non-hydrogen) atoms. The first-order valence-electron chi connectivity index (χ1n) is 8.46. The van der Waals surface area contributed by atoms with Crippen molar-refractivity contribution in [1.29, 1.82) is 0 Å². The summed E-state index contributed by atoms with van der Waals surface area (Å²) >= 11 is 17.6. The number of halogens is 3. The Hall–Kier alpha value is -0.683. The minimum absolute atomic E-state index is 0.373. The van der Waals surface area contributed by atoms with E-state index in [1.807, 2.05) is 24.3 Å². The second-order valence-corrected chi connectivity index (χ2v) is 15.0. The summed E-state index contributed by atoms with van der Waals surface area (Å²) in [6, 6.07) is 5.95. The fourth-order valence-corrected chi connectivity index (χ4v) is 4.12. The van der Waals surface area contributed by atoms with Gasteiger partial charge in [0.15, 0.2) is 0 Å². The highest BCUT2D eigenvalue weighted by molar-refractivity contribution is 7.64. The lowest BCUT2D eigenvalue weighted by atomic mass is 10.1. The third kappa shape index (κ3) is 12.3. The van der Waals surface area contributed by atoms with E-state index < -0.39 is 6.00 Å².